The highest BCUT2D eigenvalue weighted by atomic mass is 19.1. The maximum absolute atomic E-state index is 13.5. The number of methoxy groups -OCH3 is 1. The van der Waals surface area contributed by atoms with Gasteiger partial charge in [0.1, 0.15) is 0 Å². The molecular formula is C15H22FNO2. The average molecular weight is 267 g/mol. The number of Topliss-reactive ketones (excluding diaryl/α,β-unsaturated/α-hetero) is 1. The molecule has 0 saturated carbocycles. The second kappa shape index (κ2) is 7.89. The normalized spacial score (nSPS) is 12.2. The van der Waals surface area contributed by atoms with Gasteiger partial charge in [-0.1, -0.05) is 13.3 Å². The molecule has 0 aromatic heterocycles. The van der Waals surface area contributed by atoms with E-state index >= 15 is 0 Å². The van der Waals surface area contributed by atoms with Crippen LogP contribution in [0.15, 0.2) is 18.2 Å². The van der Waals surface area contributed by atoms with Gasteiger partial charge in [0.2, 0.25) is 0 Å². The first-order valence-electron chi connectivity index (χ1n) is 6.69. The summed E-state index contributed by atoms with van der Waals surface area (Å²) in [4.78, 5) is 12.0. The van der Waals surface area contributed by atoms with Crippen LogP contribution in [0, 0.1) is 11.7 Å². The Balaban J connectivity index is 2.60. The van der Waals surface area contributed by atoms with Gasteiger partial charge in [-0.3, -0.25) is 4.79 Å². The molecule has 2 N–H and O–H groups in total. The van der Waals surface area contributed by atoms with Crippen LogP contribution in [0.2, 0.25) is 0 Å². The fraction of sp³-hybridized carbons (Fsp3) is 0.533. The van der Waals surface area contributed by atoms with Crippen LogP contribution in [0.1, 0.15) is 43.0 Å². The van der Waals surface area contributed by atoms with Gasteiger partial charge in [0, 0.05) is 12.0 Å². The third-order valence-electron chi connectivity index (χ3n) is 3.41. The SMILES string of the molecule is CCC(CCN)CCC(=O)c1ccc(OC)c(F)c1. The fourth-order valence-corrected chi connectivity index (χ4v) is 2.11. The van der Waals surface area contributed by atoms with Crippen molar-refractivity contribution in [1.29, 1.82) is 0 Å². The van der Waals surface area contributed by atoms with E-state index < -0.39 is 5.82 Å². The Morgan fingerprint density at radius 2 is 2.16 bits per heavy atom. The van der Waals surface area contributed by atoms with Crippen molar-refractivity contribution in [3.05, 3.63) is 29.6 Å². The quantitative estimate of drug-likeness (QED) is 0.736. The number of ether oxygens (including phenoxy) is 1. The molecule has 0 heterocycles. The molecule has 0 aliphatic carbocycles. The number of carbonyl (C=O) groups is 1. The number of carbonyl (C=O) groups excluding carboxylic acids is 1. The molecule has 0 fully saturated rings. The third-order valence-corrected chi connectivity index (χ3v) is 3.41. The molecule has 4 heteroatoms. The van der Waals surface area contributed by atoms with E-state index in [0.29, 0.717) is 24.4 Å². The van der Waals surface area contributed by atoms with Crippen LogP contribution in [-0.2, 0) is 0 Å². The van der Waals surface area contributed by atoms with Crippen LogP contribution < -0.4 is 10.5 Å². The van der Waals surface area contributed by atoms with Crippen molar-refractivity contribution in [3.63, 3.8) is 0 Å². The summed E-state index contributed by atoms with van der Waals surface area (Å²) in [5, 5.41) is 0. The van der Waals surface area contributed by atoms with E-state index in [1.165, 1.54) is 19.2 Å². The topological polar surface area (TPSA) is 52.3 Å². The number of hydrogen-bond donors (Lipinski definition) is 1. The number of benzene rings is 1. The summed E-state index contributed by atoms with van der Waals surface area (Å²) in [6.45, 7) is 2.74. The van der Waals surface area contributed by atoms with Crippen LogP contribution in [0.3, 0.4) is 0 Å². The molecule has 1 rings (SSSR count). The minimum atomic E-state index is -0.498. The Labute approximate surface area is 113 Å². The lowest BCUT2D eigenvalue weighted by Crippen LogP contribution is -2.10. The molecule has 0 bridgehead atoms. The lowest BCUT2D eigenvalue weighted by Gasteiger charge is -2.12. The van der Waals surface area contributed by atoms with Gasteiger partial charge < -0.3 is 10.5 Å². The summed E-state index contributed by atoms with van der Waals surface area (Å²) >= 11 is 0. The maximum Gasteiger partial charge on any atom is 0.165 e. The van der Waals surface area contributed by atoms with Gasteiger partial charge in [0.15, 0.2) is 17.3 Å². The summed E-state index contributed by atoms with van der Waals surface area (Å²) in [5.41, 5.74) is 5.93. The zero-order chi connectivity index (χ0) is 14.3. The van der Waals surface area contributed by atoms with Gasteiger partial charge in [0.05, 0.1) is 7.11 Å². The molecule has 0 aliphatic heterocycles. The summed E-state index contributed by atoms with van der Waals surface area (Å²) in [5.74, 6) is 0.0996. The monoisotopic (exact) mass is 267 g/mol. The second-order valence-corrected chi connectivity index (χ2v) is 4.66. The van der Waals surface area contributed by atoms with Crippen molar-refractivity contribution in [2.75, 3.05) is 13.7 Å². The maximum atomic E-state index is 13.5. The van der Waals surface area contributed by atoms with E-state index in [0.717, 1.165) is 19.3 Å². The molecule has 1 unspecified atom stereocenters. The predicted octanol–water partition coefficient (Wildman–Crippen LogP) is 3.17. The molecule has 0 amide bonds. The van der Waals surface area contributed by atoms with Crippen LogP contribution in [-0.4, -0.2) is 19.4 Å². The van der Waals surface area contributed by atoms with E-state index in [4.69, 9.17) is 10.5 Å². The van der Waals surface area contributed by atoms with Crippen molar-refractivity contribution >= 4 is 5.78 Å². The molecule has 0 spiro atoms. The summed E-state index contributed by atoms with van der Waals surface area (Å²) < 4.78 is 18.3. The van der Waals surface area contributed by atoms with Gasteiger partial charge in [-0.15, -0.1) is 0 Å². The highest BCUT2D eigenvalue weighted by Crippen LogP contribution is 2.21. The largest absolute Gasteiger partial charge is 0.494 e. The number of nitrogens with two attached hydrogens (primary N) is 1. The molecule has 0 radical (unpaired) electrons. The second-order valence-electron chi connectivity index (χ2n) is 4.66. The zero-order valence-corrected chi connectivity index (χ0v) is 11.6. The Morgan fingerprint density at radius 3 is 2.68 bits per heavy atom. The molecule has 0 aliphatic rings. The van der Waals surface area contributed by atoms with Gasteiger partial charge >= 0.3 is 0 Å². The molecule has 3 nitrogen and oxygen atoms in total. The molecule has 106 valence electrons. The van der Waals surface area contributed by atoms with E-state index in [-0.39, 0.29) is 11.5 Å². The minimum absolute atomic E-state index is 0.0305. The molecule has 1 aromatic carbocycles. The Morgan fingerprint density at radius 1 is 1.42 bits per heavy atom. The van der Waals surface area contributed by atoms with Crippen molar-refractivity contribution in [2.45, 2.75) is 32.6 Å². The van der Waals surface area contributed by atoms with Crippen molar-refractivity contribution in [3.8, 4) is 5.75 Å². The number of ketones is 1. The Kier molecular flexibility index (Phi) is 6.50. The third kappa shape index (κ3) is 4.63. The van der Waals surface area contributed by atoms with Gasteiger partial charge in [-0.05, 0) is 43.5 Å². The van der Waals surface area contributed by atoms with Crippen LogP contribution >= 0.6 is 0 Å². The van der Waals surface area contributed by atoms with Gasteiger partial charge in [-0.2, -0.15) is 0 Å². The van der Waals surface area contributed by atoms with Crippen molar-refractivity contribution in [2.24, 2.45) is 11.7 Å². The van der Waals surface area contributed by atoms with E-state index in [2.05, 4.69) is 6.92 Å². The zero-order valence-electron chi connectivity index (χ0n) is 11.6. The summed E-state index contributed by atoms with van der Waals surface area (Å²) in [6, 6.07) is 4.33. The van der Waals surface area contributed by atoms with E-state index in [1.807, 2.05) is 0 Å². The number of hydrogen-bond acceptors (Lipinski definition) is 3. The van der Waals surface area contributed by atoms with Crippen LogP contribution in [0.5, 0.6) is 5.75 Å². The van der Waals surface area contributed by atoms with Gasteiger partial charge in [0.25, 0.3) is 0 Å². The molecule has 0 saturated heterocycles. The predicted molar refractivity (Wildman–Crippen MR) is 74.0 cm³/mol. The number of rotatable bonds is 8. The lowest BCUT2D eigenvalue weighted by molar-refractivity contribution is 0.0972. The van der Waals surface area contributed by atoms with Gasteiger partial charge in [-0.25, -0.2) is 4.39 Å². The highest BCUT2D eigenvalue weighted by Gasteiger charge is 2.13. The smallest absolute Gasteiger partial charge is 0.165 e. The van der Waals surface area contributed by atoms with Crippen molar-refractivity contribution in [1.82, 2.24) is 0 Å². The first-order chi connectivity index (χ1) is 9.12. The molecule has 19 heavy (non-hydrogen) atoms. The highest BCUT2D eigenvalue weighted by molar-refractivity contribution is 5.96. The number of halogens is 1. The van der Waals surface area contributed by atoms with Crippen LogP contribution in [0.4, 0.5) is 4.39 Å². The fourth-order valence-electron chi connectivity index (χ4n) is 2.11. The van der Waals surface area contributed by atoms with E-state index in [9.17, 15) is 9.18 Å². The minimum Gasteiger partial charge on any atom is -0.494 e. The Hall–Kier alpha value is -1.42. The summed E-state index contributed by atoms with van der Waals surface area (Å²) in [6.07, 6.45) is 3.19. The first-order valence-corrected chi connectivity index (χ1v) is 6.69. The molecule has 1 atom stereocenters. The van der Waals surface area contributed by atoms with Crippen molar-refractivity contribution < 1.29 is 13.9 Å². The Bertz CT molecular complexity index is 421. The first kappa shape index (κ1) is 15.6. The average Bonchev–Trinajstić information content (AvgIpc) is 2.42. The standard InChI is InChI=1S/C15H22FNO2/c1-3-11(8-9-17)4-6-14(18)12-5-7-15(19-2)13(16)10-12/h5,7,10-11H,3-4,6,8-9,17H2,1-2H3. The molecular weight excluding hydrogens is 245 g/mol. The van der Waals surface area contributed by atoms with E-state index in [1.54, 1.807) is 6.07 Å². The lowest BCUT2D eigenvalue weighted by atomic mass is 9.94. The molecule has 1 aromatic rings. The van der Waals surface area contributed by atoms with Crippen LogP contribution in [0.25, 0.3) is 0 Å². The summed E-state index contributed by atoms with van der Waals surface area (Å²) in [7, 11) is 1.40.